The van der Waals surface area contributed by atoms with Gasteiger partial charge in [-0.25, -0.2) is 9.37 Å². The SMILES string of the molecule is C[C@@H]1COCCCN1c1nc(-c2ccncc2F)cc(=O)n1C. The summed E-state index contributed by atoms with van der Waals surface area (Å²) in [6.45, 7) is 4.03. The first-order valence-corrected chi connectivity index (χ1v) is 7.60. The van der Waals surface area contributed by atoms with E-state index < -0.39 is 5.82 Å². The molecule has 3 heterocycles. The molecule has 3 rings (SSSR count). The number of aromatic nitrogens is 3. The Hall–Kier alpha value is -2.28. The zero-order chi connectivity index (χ0) is 16.4. The Kier molecular flexibility index (Phi) is 4.38. The zero-order valence-corrected chi connectivity index (χ0v) is 13.2. The molecule has 0 unspecified atom stereocenters. The van der Waals surface area contributed by atoms with E-state index in [-0.39, 0.29) is 17.2 Å². The first-order chi connectivity index (χ1) is 11.1. The van der Waals surface area contributed by atoms with E-state index in [1.54, 1.807) is 7.05 Å². The first kappa shape index (κ1) is 15.6. The van der Waals surface area contributed by atoms with Crippen LogP contribution in [0.15, 0.2) is 29.3 Å². The van der Waals surface area contributed by atoms with Crippen molar-refractivity contribution < 1.29 is 9.13 Å². The minimum Gasteiger partial charge on any atom is -0.379 e. The summed E-state index contributed by atoms with van der Waals surface area (Å²) in [5, 5.41) is 0. The minimum absolute atomic E-state index is 0.0909. The highest BCUT2D eigenvalue weighted by atomic mass is 19.1. The van der Waals surface area contributed by atoms with Crippen LogP contribution in [-0.2, 0) is 11.8 Å². The van der Waals surface area contributed by atoms with Gasteiger partial charge in [0.15, 0.2) is 5.82 Å². The molecule has 122 valence electrons. The Balaban J connectivity index is 2.10. The van der Waals surface area contributed by atoms with Gasteiger partial charge in [0.1, 0.15) is 0 Å². The lowest BCUT2D eigenvalue weighted by Crippen LogP contribution is -2.39. The molecular weight excluding hydrogens is 299 g/mol. The highest BCUT2D eigenvalue weighted by Gasteiger charge is 2.22. The quantitative estimate of drug-likeness (QED) is 0.842. The number of pyridine rings is 1. The second-order valence-electron chi connectivity index (χ2n) is 5.67. The third kappa shape index (κ3) is 3.10. The highest BCUT2D eigenvalue weighted by molar-refractivity contribution is 5.60. The number of halogens is 1. The summed E-state index contributed by atoms with van der Waals surface area (Å²) in [6, 6.07) is 2.96. The molecule has 23 heavy (non-hydrogen) atoms. The molecule has 1 aliphatic rings. The van der Waals surface area contributed by atoms with Crippen molar-refractivity contribution in [1.82, 2.24) is 14.5 Å². The third-order valence-electron chi connectivity index (χ3n) is 4.00. The smallest absolute Gasteiger partial charge is 0.255 e. The number of anilines is 1. The van der Waals surface area contributed by atoms with Gasteiger partial charge in [0.2, 0.25) is 5.95 Å². The van der Waals surface area contributed by atoms with Gasteiger partial charge in [-0.15, -0.1) is 0 Å². The van der Waals surface area contributed by atoms with E-state index >= 15 is 0 Å². The van der Waals surface area contributed by atoms with Gasteiger partial charge >= 0.3 is 0 Å². The predicted molar refractivity (Wildman–Crippen MR) is 84.9 cm³/mol. The molecule has 0 bridgehead atoms. The molecular formula is C16H19FN4O2. The molecule has 2 aromatic rings. The molecule has 7 heteroatoms. The van der Waals surface area contributed by atoms with E-state index in [2.05, 4.69) is 9.97 Å². The number of hydrogen-bond acceptors (Lipinski definition) is 5. The van der Waals surface area contributed by atoms with Gasteiger partial charge in [-0.3, -0.25) is 14.3 Å². The summed E-state index contributed by atoms with van der Waals surface area (Å²) in [6.07, 6.45) is 3.46. The lowest BCUT2D eigenvalue weighted by molar-refractivity contribution is 0.137. The van der Waals surface area contributed by atoms with E-state index in [0.29, 0.717) is 24.9 Å². The van der Waals surface area contributed by atoms with Crippen molar-refractivity contribution >= 4 is 5.95 Å². The van der Waals surface area contributed by atoms with Crippen LogP contribution in [0.3, 0.4) is 0 Å². The fraction of sp³-hybridized carbons (Fsp3) is 0.438. The Morgan fingerprint density at radius 1 is 1.43 bits per heavy atom. The molecule has 1 saturated heterocycles. The number of nitrogens with zero attached hydrogens (tertiary/aromatic N) is 4. The van der Waals surface area contributed by atoms with Crippen molar-refractivity contribution in [3.05, 3.63) is 40.7 Å². The standard InChI is InChI=1S/C16H19FN4O2/c1-11-10-23-7-3-6-21(11)16-19-14(8-15(22)20(16)2)12-4-5-18-9-13(12)17/h4-5,8-9,11H,3,6-7,10H2,1-2H3/t11-/m1/s1. The van der Waals surface area contributed by atoms with Crippen LogP contribution in [0.25, 0.3) is 11.3 Å². The maximum atomic E-state index is 14.0. The molecule has 0 radical (unpaired) electrons. The molecule has 0 amide bonds. The van der Waals surface area contributed by atoms with Gasteiger partial charge in [-0.2, -0.15) is 0 Å². The van der Waals surface area contributed by atoms with Crippen LogP contribution in [0.1, 0.15) is 13.3 Å². The van der Waals surface area contributed by atoms with Crippen molar-refractivity contribution in [3.8, 4) is 11.3 Å². The van der Waals surface area contributed by atoms with E-state index in [9.17, 15) is 9.18 Å². The number of ether oxygens (including phenoxy) is 1. The van der Waals surface area contributed by atoms with Crippen molar-refractivity contribution in [1.29, 1.82) is 0 Å². The van der Waals surface area contributed by atoms with Gasteiger partial charge in [-0.1, -0.05) is 0 Å². The lowest BCUT2D eigenvalue weighted by Gasteiger charge is -2.29. The van der Waals surface area contributed by atoms with Crippen LogP contribution < -0.4 is 10.5 Å². The van der Waals surface area contributed by atoms with Gasteiger partial charge in [-0.05, 0) is 19.4 Å². The van der Waals surface area contributed by atoms with Crippen LogP contribution in [-0.4, -0.2) is 40.3 Å². The summed E-state index contributed by atoms with van der Waals surface area (Å²) in [5.74, 6) is 0.0353. The summed E-state index contributed by atoms with van der Waals surface area (Å²) >= 11 is 0. The second kappa shape index (κ2) is 6.45. The summed E-state index contributed by atoms with van der Waals surface area (Å²) in [4.78, 5) is 22.6. The van der Waals surface area contributed by atoms with Crippen molar-refractivity contribution in [3.63, 3.8) is 0 Å². The summed E-state index contributed by atoms with van der Waals surface area (Å²) in [5.41, 5.74) is 0.372. The van der Waals surface area contributed by atoms with E-state index in [0.717, 1.165) is 19.2 Å². The highest BCUT2D eigenvalue weighted by Crippen LogP contribution is 2.22. The van der Waals surface area contributed by atoms with E-state index in [4.69, 9.17) is 4.74 Å². The zero-order valence-electron chi connectivity index (χ0n) is 13.2. The van der Waals surface area contributed by atoms with Crippen LogP contribution in [0.2, 0.25) is 0 Å². The van der Waals surface area contributed by atoms with Gasteiger partial charge in [0, 0.05) is 38.0 Å². The fourth-order valence-electron chi connectivity index (χ4n) is 2.70. The number of hydrogen-bond donors (Lipinski definition) is 0. The van der Waals surface area contributed by atoms with Crippen molar-refractivity contribution in [2.75, 3.05) is 24.7 Å². The lowest BCUT2D eigenvalue weighted by atomic mass is 10.2. The molecule has 1 aliphatic heterocycles. The molecule has 1 atom stereocenters. The van der Waals surface area contributed by atoms with Gasteiger partial charge in [0.05, 0.1) is 24.5 Å². The molecule has 0 aromatic carbocycles. The average Bonchev–Trinajstić information content (AvgIpc) is 2.75. The Labute approximate surface area is 133 Å². The Bertz CT molecular complexity index is 762. The van der Waals surface area contributed by atoms with Gasteiger partial charge < -0.3 is 9.64 Å². The topological polar surface area (TPSA) is 60.2 Å². The summed E-state index contributed by atoms with van der Waals surface area (Å²) in [7, 11) is 1.68. The molecule has 1 fully saturated rings. The predicted octanol–water partition coefficient (Wildman–Crippen LogP) is 1.60. The second-order valence-corrected chi connectivity index (χ2v) is 5.67. The molecule has 0 saturated carbocycles. The Morgan fingerprint density at radius 2 is 2.26 bits per heavy atom. The fourth-order valence-corrected chi connectivity index (χ4v) is 2.70. The molecule has 6 nitrogen and oxygen atoms in total. The van der Waals surface area contributed by atoms with Gasteiger partial charge in [0.25, 0.3) is 5.56 Å². The molecule has 0 N–H and O–H groups in total. The third-order valence-corrected chi connectivity index (χ3v) is 4.00. The molecule has 0 spiro atoms. The molecule has 0 aliphatic carbocycles. The van der Waals surface area contributed by atoms with Crippen LogP contribution >= 0.6 is 0 Å². The van der Waals surface area contributed by atoms with E-state index in [1.807, 2.05) is 11.8 Å². The molecule has 2 aromatic heterocycles. The van der Waals surface area contributed by atoms with Crippen molar-refractivity contribution in [2.45, 2.75) is 19.4 Å². The number of rotatable bonds is 2. The maximum absolute atomic E-state index is 14.0. The first-order valence-electron chi connectivity index (χ1n) is 7.60. The van der Waals surface area contributed by atoms with E-state index in [1.165, 1.54) is 22.9 Å². The van der Waals surface area contributed by atoms with Crippen molar-refractivity contribution in [2.24, 2.45) is 7.05 Å². The minimum atomic E-state index is -0.494. The average molecular weight is 318 g/mol. The summed E-state index contributed by atoms with van der Waals surface area (Å²) < 4.78 is 21.0. The van der Waals surface area contributed by atoms with Crippen LogP contribution in [0.5, 0.6) is 0 Å². The monoisotopic (exact) mass is 318 g/mol. The normalized spacial score (nSPS) is 18.7. The Morgan fingerprint density at radius 3 is 3.04 bits per heavy atom. The van der Waals surface area contributed by atoms with Crippen LogP contribution in [0, 0.1) is 5.82 Å². The maximum Gasteiger partial charge on any atom is 0.255 e. The largest absolute Gasteiger partial charge is 0.379 e. The van der Waals surface area contributed by atoms with Crippen LogP contribution in [0.4, 0.5) is 10.3 Å².